The van der Waals surface area contributed by atoms with Gasteiger partial charge < -0.3 is 10.2 Å². The first-order valence-corrected chi connectivity index (χ1v) is 5.96. The lowest BCUT2D eigenvalue weighted by molar-refractivity contribution is 0.146. The largest absolute Gasteiger partial charge is 0.395 e. The van der Waals surface area contributed by atoms with E-state index in [0.29, 0.717) is 19.0 Å². The quantitative estimate of drug-likeness (QED) is 0.500. The van der Waals surface area contributed by atoms with Crippen molar-refractivity contribution in [3.63, 3.8) is 0 Å². The third-order valence-corrected chi connectivity index (χ3v) is 2.82. The second kappa shape index (κ2) is 9.77. The molecule has 2 N–H and O–H groups in total. The van der Waals surface area contributed by atoms with Crippen molar-refractivity contribution in [1.29, 1.82) is 0 Å². The van der Waals surface area contributed by atoms with Crippen molar-refractivity contribution < 1.29 is 10.2 Å². The lowest BCUT2D eigenvalue weighted by atomic mass is 10.1. The van der Waals surface area contributed by atoms with E-state index in [-0.39, 0.29) is 13.2 Å². The number of hydrogen-bond acceptors (Lipinski definition) is 4. The third kappa shape index (κ3) is 6.65. The Hall–Kier alpha value is 0.230. The zero-order chi connectivity index (χ0) is 10.8. The molecule has 0 aromatic rings. The van der Waals surface area contributed by atoms with Crippen molar-refractivity contribution in [2.24, 2.45) is 5.92 Å². The van der Waals surface area contributed by atoms with Crippen LogP contribution in [-0.4, -0.2) is 53.7 Å². The average Bonchev–Trinajstić information content (AvgIpc) is 2.18. The van der Waals surface area contributed by atoms with Gasteiger partial charge in [-0.3, -0.25) is 4.90 Å². The number of aliphatic hydroxyl groups is 2. The maximum absolute atomic E-state index is 8.84. The minimum absolute atomic E-state index is 0.158. The summed E-state index contributed by atoms with van der Waals surface area (Å²) in [5.41, 5.74) is 0. The van der Waals surface area contributed by atoms with E-state index >= 15 is 0 Å². The van der Waals surface area contributed by atoms with E-state index in [1.54, 1.807) is 0 Å². The SMILES string of the molecule is CCCC(CS)CN(CCO)CCO. The summed E-state index contributed by atoms with van der Waals surface area (Å²) in [6.07, 6.45) is 2.33. The molecule has 14 heavy (non-hydrogen) atoms. The third-order valence-electron chi connectivity index (χ3n) is 2.30. The van der Waals surface area contributed by atoms with E-state index < -0.39 is 0 Å². The zero-order valence-electron chi connectivity index (χ0n) is 9.02. The maximum Gasteiger partial charge on any atom is 0.0558 e. The molecule has 0 aliphatic rings. The van der Waals surface area contributed by atoms with E-state index in [2.05, 4.69) is 24.5 Å². The van der Waals surface area contributed by atoms with Crippen molar-refractivity contribution in [2.75, 3.05) is 38.6 Å². The minimum Gasteiger partial charge on any atom is -0.395 e. The molecule has 0 heterocycles. The normalized spacial score (nSPS) is 13.5. The van der Waals surface area contributed by atoms with Crippen LogP contribution in [-0.2, 0) is 0 Å². The van der Waals surface area contributed by atoms with Gasteiger partial charge in [-0.05, 0) is 18.1 Å². The molecule has 0 radical (unpaired) electrons. The van der Waals surface area contributed by atoms with Crippen LogP contribution in [0.5, 0.6) is 0 Å². The van der Waals surface area contributed by atoms with Crippen molar-refractivity contribution in [1.82, 2.24) is 4.90 Å². The summed E-state index contributed by atoms with van der Waals surface area (Å²) in [5, 5.41) is 17.7. The number of aliphatic hydroxyl groups excluding tert-OH is 2. The Labute approximate surface area is 92.5 Å². The summed E-state index contributed by atoms with van der Waals surface area (Å²) in [5.74, 6) is 1.45. The Bertz CT molecular complexity index is 119. The number of thiol groups is 1. The molecule has 0 aliphatic carbocycles. The number of hydrogen-bond donors (Lipinski definition) is 3. The first-order chi connectivity index (χ1) is 6.78. The maximum atomic E-state index is 8.84. The highest BCUT2D eigenvalue weighted by Gasteiger charge is 2.11. The molecule has 4 heteroatoms. The van der Waals surface area contributed by atoms with Gasteiger partial charge in [-0.15, -0.1) is 0 Å². The van der Waals surface area contributed by atoms with Gasteiger partial charge in [0.1, 0.15) is 0 Å². The molecule has 0 bridgehead atoms. The summed E-state index contributed by atoms with van der Waals surface area (Å²) in [7, 11) is 0. The van der Waals surface area contributed by atoms with Crippen molar-refractivity contribution in [2.45, 2.75) is 19.8 Å². The fourth-order valence-corrected chi connectivity index (χ4v) is 1.89. The number of nitrogens with zero attached hydrogens (tertiary/aromatic N) is 1. The highest BCUT2D eigenvalue weighted by Crippen LogP contribution is 2.10. The van der Waals surface area contributed by atoms with Gasteiger partial charge in [-0.2, -0.15) is 12.6 Å². The van der Waals surface area contributed by atoms with Crippen LogP contribution in [0.3, 0.4) is 0 Å². The molecule has 1 atom stereocenters. The van der Waals surface area contributed by atoms with Crippen LogP contribution in [0.4, 0.5) is 0 Å². The van der Waals surface area contributed by atoms with Crippen LogP contribution in [0.25, 0.3) is 0 Å². The molecule has 0 aromatic carbocycles. The van der Waals surface area contributed by atoms with Gasteiger partial charge in [0, 0.05) is 19.6 Å². The second-order valence-electron chi connectivity index (χ2n) is 3.59. The average molecular weight is 221 g/mol. The molecule has 0 saturated heterocycles. The van der Waals surface area contributed by atoms with Gasteiger partial charge in [-0.25, -0.2) is 0 Å². The molecule has 3 nitrogen and oxygen atoms in total. The van der Waals surface area contributed by atoms with Gasteiger partial charge in [0.05, 0.1) is 13.2 Å². The van der Waals surface area contributed by atoms with E-state index in [1.165, 1.54) is 0 Å². The predicted octanol–water partition coefficient (Wildman–Crippen LogP) is 0.619. The minimum atomic E-state index is 0.158. The fourth-order valence-electron chi connectivity index (χ4n) is 1.59. The zero-order valence-corrected chi connectivity index (χ0v) is 9.92. The smallest absolute Gasteiger partial charge is 0.0558 e. The molecule has 0 saturated carbocycles. The van der Waals surface area contributed by atoms with Crippen LogP contribution in [0.2, 0.25) is 0 Å². The van der Waals surface area contributed by atoms with Crippen molar-refractivity contribution in [3.05, 3.63) is 0 Å². The van der Waals surface area contributed by atoms with Crippen LogP contribution in [0.1, 0.15) is 19.8 Å². The van der Waals surface area contributed by atoms with Gasteiger partial charge >= 0.3 is 0 Å². The Morgan fingerprint density at radius 1 is 1.21 bits per heavy atom. The number of rotatable bonds is 9. The molecule has 1 unspecified atom stereocenters. The van der Waals surface area contributed by atoms with Crippen LogP contribution < -0.4 is 0 Å². The van der Waals surface area contributed by atoms with Gasteiger partial charge in [-0.1, -0.05) is 13.3 Å². The van der Waals surface area contributed by atoms with Crippen molar-refractivity contribution >= 4 is 12.6 Å². The molecule has 0 rings (SSSR count). The van der Waals surface area contributed by atoms with E-state index in [0.717, 1.165) is 25.1 Å². The Balaban J connectivity index is 3.83. The molecule has 86 valence electrons. The second-order valence-corrected chi connectivity index (χ2v) is 3.95. The predicted molar refractivity (Wildman–Crippen MR) is 62.9 cm³/mol. The Morgan fingerprint density at radius 3 is 2.14 bits per heavy atom. The molecular weight excluding hydrogens is 198 g/mol. The van der Waals surface area contributed by atoms with E-state index in [4.69, 9.17) is 10.2 Å². The molecule has 0 aromatic heterocycles. The monoisotopic (exact) mass is 221 g/mol. The van der Waals surface area contributed by atoms with Crippen LogP contribution in [0, 0.1) is 5.92 Å². The topological polar surface area (TPSA) is 43.7 Å². The molecular formula is C10H23NO2S. The molecule has 0 aliphatic heterocycles. The highest BCUT2D eigenvalue weighted by atomic mass is 32.1. The summed E-state index contributed by atoms with van der Waals surface area (Å²) in [4.78, 5) is 2.09. The van der Waals surface area contributed by atoms with Gasteiger partial charge in [0.25, 0.3) is 0 Å². The highest BCUT2D eigenvalue weighted by molar-refractivity contribution is 7.80. The molecule has 0 amide bonds. The summed E-state index contributed by atoms with van der Waals surface area (Å²) < 4.78 is 0. The first kappa shape index (κ1) is 14.2. The van der Waals surface area contributed by atoms with Gasteiger partial charge in [0.2, 0.25) is 0 Å². The van der Waals surface area contributed by atoms with E-state index in [9.17, 15) is 0 Å². The fraction of sp³-hybridized carbons (Fsp3) is 1.00. The molecule has 0 spiro atoms. The van der Waals surface area contributed by atoms with E-state index in [1.807, 2.05) is 0 Å². The summed E-state index contributed by atoms with van der Waals surface area (Å²) >= 11 is 4.31. The summed E-state index contributed by atoms with van der Waals surface area (Å²) in [6, 6.07) is 0. The lowest BCUT2D eigenvalue weighted by Gasteiger charge is -2.25. The first-order valence-electron chi connectivity index (χ1n) is 5.33. The van der Waals surface area contributed by atoms with Gasteiger partial charge in [0.15, 0.2) is 0 Å². The van der Waals surface area contributed by atoms with Crippen molar-refractivity contribution in [3.8, 4) is 0 Å². The van der Waals surface area contributed by atoms with Crippen LogP contribution >= 0.6 is 12.6 Å². The van der Waals surface area contributed by atoms with Crippen LogP contribution in [0.15, 0.2) is 0 Å². The lowest BCUT2D eigenvalue weighted by Crippen LogP contribution is -2.35. The summed E-state index contributed by atoms with van der Waals surface area (Å²) in [6.45, 7) is 4.71. The Kier molecular flexibility index (Phi) is 9.93. The standard InChI is InChI=1S/C10H23NO2S/c1-2-3-10(9-14)8-11(4-6-12)5-7-13/h10,12-14H,2-9H2,1H3. The molecule has 0 fully saturated rings. The Morgan fingerprint density at radius 2 is 1.79 bits per heavy atom.